The molecule has 0 saturated heterocycles. The van der Waals surface area contributed by atoms with Crippen molar-refractivity contribution in [2.24, 2.45) is 0 Å². The Morgan fingerprint density at radius 3 is 1.77 bits per heavy atom. The second kappa shape index (κ2) is 9.48. The summed E-state index contributed by atoms with van der Waals surface area (Å²) >= 11 is 12.3. The second-order valence-corrected chi connectivity index (χ2v) is 9.62. The molecule has 5 heteroatoms. The van der Waals surface area contributed by atoms with E-state index in [1.165, 1.54) is 17.2 Å². The van der Waals surface area contributed by atoms with E-state index in [0.717, 1.165) is 24.0 Å². The first-order valence-corrected chi connectivity index (χ1v) is 11.5. The number of hydrogen-bond acceptors (Lipinski definition) is 1. The van der Waals surface area contributed by atoms with Crippen LogP contribution in [0, 0.1) is 5.82 Å². The number of benzene rings is 3. The van der Waals surface area contributed by atoms with Gasteiger partial charge in [0.2, 0.25) is 0 Å². The van der Waals surface area contributed by atoms with Gasteiger partial charge in [-0.1, -0.05) is 83.1 Å². The molecule has 0 bridgehead atoms. The van der Waals surface area contributed by atoms with E-state index in [-0.39, 0.29) is 5.82 Å². The van der Waals surface area contributed by atoms with E-state index < -0.39 is 6.63 Å². The zero-order valence-electron chi connectivity index (χ0n) is 14.2. The lowest BCUT2D eigenvalue weighted by atomic mass is 10.1. The first-order valence-electron chi connectivity index (χ1n) is 8.32. The highest BCUT2D eigenvalue weighted by Crippen LogP contribution is 2.46. The van der Waals surface area contributed by atoms with Gasteiger partial charge in [-0.3, -0.25) is 4.90 Å². The first-order chi connectivity index (χ1) is 12.6. The fraction of sp³-hybridized carbons (Fsp3) is 0.143. The van der Waals surface area contributed by atoms with Gasteiger partial charge in [-0.15, -0.1) is 0 Å². The average Bonchev–Trinajstić information content (AvgIpc) is 2.63. The molecule has 26 heavy (non-hydrogen) atoms. The summed E-state index contributed by atoms with van der Waals surface area (Å²) in [6.07, 6.45) is 0. The van der Waals surface area contributed by atoms with Gasteiger partial charge in [0, 0.05) is 24.9 Å². The minimum absolute atomic E-state index is 0.270. The molecule has 0 unspecified atom stereocenters. The molecule has 0 N–H and O–H groups in total. The van der Waals surface area contributed by atoms with Crippen molar-refractivity contribution >= 4 is 34.4 Å². The number of halogens is 3. The van der Waals surface area contributed by atoms with Gasteiger partial charge >= 0.3 is 0 Å². The van der Waals surface area contributed by atoms with E-state index in [2.05, 4.69) is 29.2 Å². The van der Waals surface area contributed by atoms with Gasteiger partial charge in [0.05, 0.1) is 0 Å². The molecular weight excluding hydrogens is 387 g/mol. The van der Waals surface area contributed by atoms with E-state index in [9.17, 15) is 4.39 Å². The summed E-state index contributed by atoms with van der Waals surface area (Å²) in [5.41, 5.74) is 3.26. The second-order valence-electron chi connectivity index (χ2n) is 6.12. The Kier molecular flexibility index (Phi) is 7.05. The molecule has 0 aliphatic carbocycles. The van der Waals surface area contributed by atoms with Crippen LogP contribution in [0.3, 0.4) is 0 Å². The van der Waals surface area contributed by atoms with Crippen molar-refractivity contribution in [1.82, 2.24) is 4.90 Å². The monoisotopic (exact) mass is 405 g/mol. The quantitative estimate of drug-likeness (QED) is 0.408. The Morgan fingerprint density at radius 1 is 0.731 bits per heavy atom. The molecule has 3 aromatic rings. The van der Waals surface area contributed by atoms with Crippen molar-refractivity contribution in [3.8, 4) is 0 Å². The minimum Gasteiger partial charge on any atom is -0.291 e. The largest absolute Gasteiger partial charge is 0.291 e. The summed E-state index contributed by atoms with van der Waals surface area (Å²) < 4.78 is 13.8. The maximum absolute atomic E-state index is 13.8. The summed E-state index contributed by atoms with van der Waals surface area (Å²) in [7, 11) is 0. The zero-order valence-corrected chi connectivity index (χ0v) is 16.6. The first kappa shape index (κ1) is 19.3. The summed E-state index contributed by atoms with van der Waals surface area (Å²) in [6.45, 7) is 0.768. The third-order valence-electron chi connectivity index (χ3n) is 4.12. The molecule has 0 aromatic heterocycles. The Balaban J connectivity index is 1.87. The van der Waals surface area contributed by atoms with Crippen molar-refractivity contribution in [1.29, 1.82) is 0 Å². The van der Waals surface area contributed by atoms with Crippen LogP contribution in [0.4, 0.5) is 4.39 Å². The smallest absolute Gasteiger partial charge is 0.123 e. The van der Waals surface area contributed by atoms with Crippen LogP contribution in [-0.2, 0) is 19.6 Å². The van der Waals surface area contributed by atoms with Gasteiger partial charge in [-0.25, -0.2) is 4.39 Å². The van der Waals surface area contributed by atoms with Crippen LogP contribution in [0.15, 0.2) is 78.9 Å². The molecule has 1 nitrogen and oxygen atoms in total. The van der Waals surface area contributed by atoms with Gasteiger partial charge in [-0.2, -0.15) is 0 Å². The standard InChI is InChI=1S/C21H19Cl2FNP/c22-26(23)21-12-11-20(24)13-19(21)16-25(14-17-7-3-1-4-8-17)15-18-9-5-2-6-10-18/h1-13H,14-16H2. The Morgan fingerprint density at radius 2 is 1.27 bits per heavy atom. The van der Waals surface area contributed by atoms with Crippen molar-refractivity contribution in [3.05, 3.63) is 101 Å². The fourth-order valence-corrected chi connectivity index (χ4v) is 4.47. The fourth-order valence-electron chi connectivity index (χ4n) is 2.94. The molecule has 0 amide bonds. The van der Waals surface area contributed by atoms with Gasteiger partial charge < -0.3 is 0 Å². The molecular formula is C21H19Cl2FNP. The predicted octanol–water partition coefficient (Wildman–Crippen LogP) is 6.44. The average molecular weight is 406 g/mol. The van der Waals surface area contributed by atoms with E-state index in [0.29, 0.717) is 6.54 Å². The number of rotatable bonds is 7. The molecule has 0 radical (unpaired) electrons. The predicted molar refractivity (Wildman–Crippen MR) is 110 cm³/mol. The van der Waals surface area contributed by atoms with Crippen LogP contribution in [0.1, 0.15) is 16.7 Å². The normalized spacial score (nSPS) is 11.3. The highest BCUT2D eigenvalue weighted by atomic mass is 35.9. The maximum Gasteiger partial charge on any atom is 0.123 e. The molecule has 0 aliphatic heterocycles. The Hall–Kier alpha value is -1.44. The lowest BCUT2D eigenvalue weighted by Crippen LogP contribution is -2.25. The number of nitrogens with zero attached hydrogens (tertiary/aromatic N) is 1. The number of hydrogen-bond donors (Lipinski definition) is 0. The zero-order chi connectivity index (χ0) is 18.4. The topological polar surface area (TPSA) is 3.24 Å². The van der Waals surface area contributed by atoms with Gasteiger partial charge in [0.15, 0.2) is 0 Å². The Labute approximate surface area is 164 Å². The summed E-state index contributed by atoms with van der Waals surface area (Å²) in [5.74, 6) is -0.270. The molecule has 3 rings (SSSR count). The van der Waals surface area contributed by atoms with Crippen molar-refractivity contribution < 1.29 is 4.39 Å². The molecule has 0 aliphatic rings. The van der Waals surface area contributed by atoms with Crippen LogP contribution in [0.2, 0.25) is 0 Å². The van der Waals surface area contributed by atoms with Gasteiger partial charge in [-0.05, 0) is 34.9 Å². The lowest BCUT2D eigenvalue weighted by molar-refractivity contribution is 0.248. The maximum atomic E-state index is 13.8. The van der Waals surface area contributed by atoms with Crippen LogP contribution in [-0.4, -0.2) is 4.90 Å². The van der Waals surface area contributed by atoms with Crippen LogP contribution >= 0.6 is 29.1 Å². The SMILES string of the molecule is Fc1ccc(P(Cl)Cl)c(CN(Cc2ccccc2)Cc2ccccc2)c1. The van der Waals surface area contributed by atoms with Gasteiger partial charge in [0.25, 0.3) is 0 Å². The molecule has 0 spiro atoms. The molecule has 134 valence electrons. The highest BCUT2D eigenvalue weighted by Gasteiger charge is 2.15. The van der Waals surface area contributed by atoms with Crippen molar-refractivity contribution in [2.75, 3.05) is 0 Å². The third kappa shape index (κ3) is 5.53. The van der Waals surface area contributed by atoms with E-state index in [4.69, 9.17) is 22.5 Å². The lowest BCUT2D eigenvalue weighted by Gasteiger charge is -2.24. The van der Waals surface area contributed by atoms with Crippen molar-refractivity contribution in [2.45, 2.75) is 19.6 Å². The Bertz CT molecular complexity index is 786. The molecule has 0 fully saturated rings. The van der Waals surface area contributed by atoms with Crippen LogP contribution < -0.4 is 5.30 Å². The molecule has 0 saturated carbocycles. The highest BCUT2D eigenvalue weighted by molar-refractivity contribution is 8.08. The van der Waals surface area contributed by atoms with E-state index >= 15 is 0 Å². The molecule has 3 aromatic carbocycles. The van der Waals surface area contributed by atoms with Gasteiger partial charge in [0.1, 0.15) is 12.4 Å². The summed E-state index contributed by atoms with van der Waals surface area (Å²) in [5, 5.41) is 0.816. The summed E-state index contributed by atoms with van der Waals surface area (Å²) in [4.78, 5) is 2.27. The minimum atomic E-state index is -1.33. The van der Waals surface area contributed by atoms with E-state index in [1.807, 2.05) is 36.4 Å². The third-order valence-corrected chi connectivity index (χ3v) is 6.01. The molecule has 0 atom stereocenters. The van der Waals surface area contributed by atoms with E-state index in [1.54, 1.807) is 12.1 Å². The van der Waals surface area contributed by atoms with Crippen LogP contribution in [0.5, 0.6) is 0 Å². The van der Waals surface area contributed by atoms with Crippen LogP contribution in [0.25, 0.3) is 0 Å². The summed E-state index contributed by atoms with van der Waals surface area (Å²) in [6, 6.07) is 25.2. The van der Waals surface area contributed by atoms with Crippen molar-refractivity contribution in [3.63, 3.8) is 0 Å². The molecule has 0 heterocycles.